The first-order valence-electron chi connectivity index (χ1n) is 7.29. The van der Waals surface area contributed by atoms with Gasteiger partial charge in [0.25, 0.3) is 0 Å². The molecule has 6 nitrogen and oxygen atoms in total. The van der Waals surface area contributed by atoms with E-state index in [1.54, 1.807) is 17.0 Å². The molecule has 0 unspecified atom stereocenters. The summed E-state index contributed by atoms with van der Waals surface area (Å²) in [6.07, 6.45) is 3.41. The first-order valence-corrected chi connectivity index (χ1v) is 9.95. The number of thioether (sulfide) groups is 1. The third-order valence-electron chi connectivity index (χ3n) is 3.07. The second kappa shape index (κ2) is 8.41. The van der Waals surface area contributed by atoms with Crippen LogP contribution in [-0.4, -0.2) is 31.4 Å². The van der Waals surface area contributed by atoms with E-state index in [9.17, 15) is 4.79 Å². The lowest BCUT2D eigenvalue weighted by Gasteiger charge is -2.02. The van der Waals surface area contributed by atoms with Crippen LogP contribution in [0.5, 0.6) is 0 Å². The van der Waals surface area contributed by atoms with E-state index >= 15 is 0 Å². The topological polar surface area (TPSA) is 72.7 Å². The number of hydrogen-bond donors (Lipinski definition) is 1. The summed E-state index contributed by atoms with van der Waals surface area (Å²) < 4.78 is 2.77. The van der Waals surface area contributed by atoms with Crippen molar-refractivity contribution in [2.75, 3.05) is 11.1 Å². The Morgan fingerprint density at radius 1 is 1.40 bits per heavy atom. The first kappa shape index (κ1) is 17.8. The van der Waals surface area contributed by atoms with Crippen molar-refractivity contribution in [1.82, 2.24) is 19.7 Å². The number of benzene rings is 1. The summed E-state index contributed by atoms with van der Waals surface area (Å²) in [6, 6.07) is 7.85. The molecule has 0 spiro atoms. The Morgan fingerprint density at radius 3 is 2.88 bits per heavy atom. The minimum absolute atomic E-state index is 0.134. The van der Waals surface area contributed by atoms with E-state index < -0.39 is 0 Å². The van der Waals surface area contributed by atoms with Crippen molar-refractivity contribution in [3.8, 4) is 11.4 Å². The number of rotatable bonds is 7. The van der Waals surface area contributed by atoms with Gasteiger partial charge in [-0.3, -0.25) is 4.79 Å². The molecular weight excluding hydrogens is 422 g/mol. The summed E-state index contributed by atoms with van der Waals surface area (Å²) in [5.74, 6) is 0.831. The summed E-state index contributed by atoms with van der Waals surface area (Å²) in [4.78, 5) is 20.5. The number of allylic oxidation sites excluding steroid dienone is 1. The molecule has 0 radical (unpaired) electrons. The van der Waals surface area contributed by atoms with E-state index in [4.69, 9.17) is 0 Å². The zero-order valence-electron chi connectivity index (χ0n) is 13.1. The molecule has 0 aliphatic rings. The Balaban J connectivity index is 1.71. The van der Waals surface area contributed by atoms with E-state index in [0.29, 0.717) is 16.8 Å². The maximum absolute atomic E-state index is 12.0. The monoisotopic (exact) mass is 435 g/mol. The average molecular weight is 436 g/mol. The summed E-state index contributed by atoms with van der Waals surface area (Å²) >= 11 is 6.09. The van der Waals surface area contributed by atoms with Crippen molar-refractivity contribution in [3.05, 3.63) is 53.0 Å². The van der Waals surface area contributed by atoms with Gasteiger partial charge in [0.05, 0.1) is 12.3 Å². The van der Waals surface area contributed by atoms with Crippen LogP contribution in [0, 0.1) is 0 Å². The lowest BCUT2D eigenvalue weighted by Crippen LogP contribution is -2.13. The summed E-state index contributed by atoms with van der Waals surface area (Å²) in [6.45, 7) is 4.30. The molecule has 0 fully saturated rings. The van der Waals surface area contributed by atoms with Gasteiger partial charge in [0.1, 0.15) is 0 Å². The van der Waals surface area contributed by atoms with Crippen LogP contribution in [0.1, 0.15) is 0 Å². The highest BCUT2D eigenvalue weighted by Crippen LogP contribution is 2.24. The molecule has 0 saturated heterocycles. The number of anilines is 1. The average Bonchev–Trinajstić information content (AvgIpc) is 3.24. The van der Waals surface area contributed by atoms with Gasteiger partial charge < -0.3 is 5.32 Å². The van der Waals surface area contributed by atoms with Gasteiger partial charge in [-0.1, -0.05) is 45.9 Å². The van der Waals surface area contributed by atoms with Crippen molar-refractivity contribution >= 4 is 50.1 Å². The SMILES string of the molecule is C=CCn1nc(SCC(=O)Nc2nccs2)nc1-c1ccc(Br)cc1. The number of carbonyl (C=O) groups excluding carboxylic acids is 1. The molecular formula is C16H14BrN5OS2. The van der Waals surface area contributed by atoms with Crippen LogP contribution in [0.2, 0.25) is 0 Å². The van der Waals surface area contributed by atoms with E-state index in [1.165, 1.54) is 23.1 Å². The van der Waals surface area contributed by atoms with E-state index in [-0.39, 0.29) is 11.7 Å². The van der Waals surface area contributed by atoms with Crippen LogP contribution in [0.15, 0.2) is 58.1 Å². The van der Waals surface area contributed by atoms with E-state index in [1.807, 2.05) is 29.6 Å². The Hall–Kier alpha value is -1.97. The first-order chi connectivity index (χ1) is 12.2. The van der Waals surface area contributed by atoms with Gasteiger partial charge >= 0.3 is 0 Å². The number of aromatic nitrogens is 4. The number of hydrogen-bond acceptors (Lipinski definition) is 6. The second-order valence-corrected chi connectivity index (χ2v) is 7.62. The van der Waals surface area contributed by atoms with Crippen LogP contribution in [0.25, 0.3) is 11.4 Å². The molecule has 0 bridgehead atoms. The van der Waals surface area contributed by atoms with Crippen LogP contribution in [0.4, 0.5) is 5.13 Å². The van der Waals surface area contributed by atoms with Crippen LogP contribution >= 0.6 is 39.0 Å². The van der Waals surface area contributed by atoms with Gasteiger partial charge in [-0.2, -0.15) is 0 Å². The summed E-state index contributed by atoms with van der Waals surface area (Å²) in [5, 5.41) is 10.2. The number of amides is 1. The van der Waals surface area contributed by atoms with Crippen molar-refractivity contribution in [2.24, 2.45) is 0 Å². The summed E-state index contributed by atoms with van der Waals surface area (Å²) in [5.41, 5.74) is 0.955. The third-order valence-corrected chi connectivity index (χ3v) is 5.12. The fraction of sp³-hybridized carbons (Fsp3) is 0.125. The number of thiazole rings is 1. The normalized spacial score (nSPS) is 10.6. The van der Waals surface area contributed by atoms with Crippen LogP contribution in [0.3, 0.4) is 0 Å². The largest absolute Gasteiger partial charge is 0.301 e. The Kier molecular flexibility index (Phi) is 6.00. The van der Waals surface area contributed by atoms with Gasteiger partial charge in [-0.05, 0) is 12.1 Å². The smallest absolute Gasteiger partial charge is 0.236 e. The molecule has 25 heavy (non-hydrogen) atoms. The quantitative estimate of drug-likeness (QED) is 0.446. The van der Waals surface area contributed by atoms with Crippen molar-refractivity contribution < 1.29 is 4.79 Å². The zero-order valence-corrected chi connectivity index (χ0v) is 16.3. The molecule has 128 valence electrons. The minimum Gasteiger partial charge on any atom is -0.301 e. The lowest BCUT2D eigenvalue weighted by atomic mass is 10.2. The molecule has 9 heteroatoms. The fourth-order valence-electron chi connectivity index (χ4n) is 2.02. The number of nitrogens with zero attached hydrogens (tertiary/aromatic N) is 4. The van der Waals surface area contributed by atoms with Crippen molar-refractivity contribution in [1.29, 1.82) is 0 Å². The molecule has 3 aromatic rings. The molecule has 0 aliphatic carbocycles. The number of nitrogens with one attached hydrogen (secondary N) is 1. The standard InChI is InChI=1S/C16H14BrN5OS2/c1-2-8-22-14(11-3-5-12(17)6-4-11)20-16(21-22)25-10-13(23)19-15-18-7-9-24-15/h2-7,9H,1,8,10H2,(H,18,19,23). The lowest BCUT2D eigenvalue weighted by molar-refractivity contribution is -0.113. The molecule has 0 atom stereocenters. The van der Waals surface area contributed by atoms with E-state index in [0.717, 1.165) is 15.9 Å². The minimum atomic E-state index is -0.134. The fourth-order valence-corrected chi connectivity index (χ4v) is 3.46. The van der Waals surface area contributed by atoms with Crippen LogP contribution < -0.4 is 5.32 Å². The molecule has 3 rings (SSSR count). The molecule has 1 N–H and O–H groups in total. The highest BCUT2D eigenvalue weighted by molar-refractivity contribution is 9.10. The predicted molar refractivity (Wildman–Crippen MR) is 105 cm³/mol. The third kappa shape index (κ3) is 4.77. The van der Waals surface area contributed by atoms with Gasteiger partial charge in [0.15, 0.2) is 11.0 Å². The van der Waals surface area contributed by atoms with Crippen LogP contribution in [-0.2, 0) is 11.3 Å². The maximum Gasteiger partial charge on any atom is 0.236 e. The van der Waals surface area contributed by atoms with Crippen molar-refractivity contribution in [2.45, 2.75) is 11.7 Å². The van der Waals surface area contributed by atoms with Gasteiger partial charge in [-0.15, -0.1) is 23.0 Å². The van der Waals surface area contributed by atoms with Crippen molar-refractivity contribution in [3.63, 3.8) is 0 Å². The zero-order chi connectivity index (χ0) is 17.6. The Morgan fingerprint density at radius 2 is 2.20 bits per heavy atom. The highest BCUT2D eigenvalue weighted by Gasteiger charge is 2.13. The van der Waals surface area contributed by atoms with Gasteiger partial charge in [0, 0.05) is 21.6 Å². The van der Waals surface area contributed by atoms with Gasteiger partial charge in [-0.25, -0.2) is 14.6 Å². The van der Waals surface area contributed by atoms with E-state index in [2.05, 4.69) is 42.9 Å². The second-order valence-electron chi connectivity index (χ2n) is 4.87. The molecule has 0 saturated carbocycles. The Bertz CT molecular complexity index is 861. The Labute approximate surface area is 161 Å². The molecule has 1 aromatic carbocycles. The highest BCUT2D eigenvalue weighted by atomic mass is 79.9. The molecule has 2 heterocycles. The summed E-state index contributed by atoms with van der Waals surface area (Å²) in [7, 11) is 0. The number of halogens is 1. The molecule has 0 aliphatic heterocycles. The molecule has 2 aromatic heterocycles. The van der Waals surface area contributed by atoms with Gasteiger partial charge in [0.2, 0.25) is 11.1 Å². The molecule has 1 amide bonds. The predicted octanol–water partition coefficient (Wildman–Crippen LogP) is 4.08. The maximum atomic E-state index is 12.0. The number of carbonyl (C=O) groups is 1.